The van der Waals surface area contributed by atoms with Crippen molar-refractivity contribution in [2.24, 2.45) is 0 Å². The highest BCUT2D eigenvalue weighted by atomic mass is 32.2. The highest BCUT2D eigenvalue weighted by Gasteiger charge is 2.30. The second-order valence-corrected chi connectivity index (χ2v) is 7.24. The van der Waals surface area contributed by atoms with Gasteiger partial charge in [0.15, 0.2) is 0 Å². The minimum absolute atomic E-state index is 0.0425. The molecule has 1 aliphatic heterocycles. The van der Waals surface area contributed by atoms with E-state index >= 15 is 0 Å². The van der Waals surface area contributed by atoms with Crippen LogP contribution in [0.4, 0.5) is 4.39 Å². The molecule has 0 N–H and O–H groups in total. The summed E-state index contributed by atoms with van der Waals surface area (Å²) in [5, 5.41) is 0. The fraction of sp³-hybridized carbons (Fsp3) is 0.222. The van der Waals surface area contributed by atoms with Gasteiger partial charge in [0.05, 0.1) is 4.91 Å². The number of carbonyl (C=O) groups is 1. The maximum absolute atomic E-state index is 13.2. The number of amides is 1. The predicted octanol–water partition coefficient (Wildman–Crippen LogP) is 4.45. The van der Waals surface area contributed by atoms with E-state index in [1.54, 1.807) is 17.0 Å². The van der Waals surface area contributed by atoms with Gasteiger partial charge < -0.3 is 4.57 Å². The second kappa shape index (κ2) is 6.53. The molecular formula is C18H17FN2OS2. The Bertz CT molecular complexity index is 853. The summed E-state index contributed by atoms with van der Waals surface area (Å²) >= 11 is 6.58. The summed E-state index contributed by atoms with van der Waals surface area (Å²) in [5.74, 6) is -0.302. The molecule has 1 fully saturated rings. The lowest BCUT2D eigenvalue weighted by molar-refractivity contribution is -0.121. The van der Waals surface area contributed by atoms with Crippen molar-refractivity contribution in [2.75, 3.05) is 6.54 Å². The van der Waals surface area contributed by atoms with E-state index in [0.717, 1.165) is 22.6 Å². The van der Waals surface area contributed by atoms with Crippen LogP contribution in [0.25, 0.3) is 11.8 Å². The maximum atomic E-state index is 13.2. The first kappa shape index (κ1) is 16.9. The SMILES string of the molecule is CCN1C(=O)/C(=C/c2cc(C)n(-c3ccc(F)cc3)c2C)SC1=S. The third-order valence-corrected chi connectivity index (χ3v) is 5.41. The highest BCUT2D eigenvalue weighted by molar-refractivity contribution is 8.26. The summed E-state index contributed by atoms with van der Waals surface area (Å²) in [6.07, 6.45) is 1.89. The summed E-state index contributed by atoms with van der Waals surface area (Å²) in [4.78, 5) is 14.6. The number of carbonyl (C=O) groups excluding carboxylic acids is 1. The van der Waals surface area contributed by atoms with Crippen LogP contribution in [0.2, 0.25) is 0 Å². The Morgan fingerprint density at radius 2 is 1.92 bits per heavy atom. The van der Waals surface area contributed by atoms with Gasteiger partial charge in [-0.1, -0.05) is 24.0 Å². The van der Waals surface area contributed by atoms with Gasteiger partial charge in [-0.05, 0) is 62.7 Å². The average Bonchev–Trinajstić information content (AvgIpc) is 2.97. The molecule has 2 aromatic rings. The normalized spacial score (nSPS) is 16.5. The molecule has 1 amide bonds. The first-order valence-corrected chi connectivity index (χ1v) is 8.85. The molecule has 2 heterocycles. The van der Waals surface area contributed by atoms with Gasteiger partial charge in [-0.25, -0.2) is 4.39 Å². The topological polar surface area (TPSA) is 25.2 Å². The number of hydrogen-bond donors (Lipinski definition) is 0. The van der Waals surface area contributed by atoms with E-state index in [2.05, 4.69) is 0 Å². The van der Waals surface area contributed by atoms with Gasteiger partial charge in [-0.3, -0.25) is 9.69 Å². The van der Waals surface area contributed by atoms with Crippen LogP contribution >= 0.6 is 24.0 Å². The first-order chi connectivity index (χ1) is 11.4. The number of nitrogens with zero attached hydrogens (tertiary/aromatic N) is 2. The number of rotatable bonds is 3. The number of halogens is 1. The quantitative estimate of drug-likeness (QED) is 0.597. The fourth-order valence-corrected chi connectivity index (χ4v) is 4.21. The molecule has 0 radical (unpaired) electrons. The largest absolute Gasteiger partial charge is 0.318 e. The lowest BCUT2D eigenvalue weighted by Gasteiger charge is -2.10. The fourth-order valence-electron chi connectivity index (χ4n) is 2.84. The van der Waals surface area contributed by atoms with Gasteiger partial charge in [0.25, 0.3) is 5.91 Å². The van der Waals surface area contributed by atoms with Crippen molar-refractivity contribution in [1.82, 2.24) is 9.47 Å². The molecule has 124 valence electrons. The molecule has 0 spiro atoms. The summed E-state index contributed by atoms with van der Waals surface area (Å²) < 4.78 is 15.8. The van der Waals surface area contributed by atoms with Gasteiger partial charge in [0, 0.05) is 23.6 Å². The predicted molar refractivity (Wildman–Crippen MR) is 101 cm³/mol. The van der Waals surface area contributed by atoms with E-state index in [0.29, 0.717) is 15.8 Å². The summed E-state index contributed by atoms with van der Waals surface area (Å²) in [6, 6.07) is 8.41. The zero-order valence-electron chi connectivity index (χ0n) is 13.7. The van der Waals surface area contributed by atoms with E-state index in [4.69, 9.17) is 12.2 Å². The molecule has 0 atom stereocenters. The molecule has 3 nitrogen and oxygen atoms in total. The number of aromatic nitrogens is 1. The summed E-state index contributed by atoms with van der Waals surface area (Å²) in [6.45, 7) is 6.47. The van der Waals surface area contributed by atoms with Crippen molar-refractivity contribution in [3.8, 4) is 5.69 Å². The van der Waals surface area contributed by atoms with Crippen LogP contribution in [-0.4, -0.2) is 26.2 Å². The third kappa shape index (κ3) is 2.91. The van der Waals surface area contributed by atoms with Crippen LogP contribution in [0.1, 0.15) is 23.9 Å². The number of thioether (sulfide) groups is 1. The molecule has 1 aromatic heterocycles. The van der Waals surface area contributed by atoms with Crippen LogP contribution in [0.5, 0.6) is 0 Å². The lowest BCUT2D eigenvalue weighted by atomic mass is 10.2. The molecule has 24 heavy (non-hydrogen) atoms. The highest BCUT2D eigenvalue weighted by Crippen LogP contribution is 2.33. The van der Waals surface area contributed by atoms with Crippen LogP contribution in [-0.2, 0) is 4.79 Å². The van der Waals surface area contributed by atoms with E-state index in [1.807, 2.05) is 37.5 Å². The smallest absolute Gasteiger partial charge is 0.266 e. The van der Waals surface area contributed by atoms with E-state index in [-0.39, 0.29) is 11.7 Å². The number of thiocarbonyl (C=S) groups is 1. The zero-order chi connectivity index (χ0) is 17.4. The van der Waals surface area contributed by atoms with Crippen LogP contribution in [0, 0.1) is 19.7 Å². The molecule has 1 saturated heterocycles. The number of aryl methyl sites for hydroxylation is 1. The molecule has 0 aliphatic carbocycles. The molecule has 0 saturated carbocycles. The summed E-state index contributed by atoms with van der Waals surface area (Å²) in [7, 11) is 0. The molecule has 0 unspecified atom stereocenters. The van der Waals surface area contributed by atoms with Crippen LogP contribution < -0.4 is 0 Å². The molecule has 1 aliphatic rings. The summed E-state index contributed by atoms with van der Waals surface area (Å²) in [5.41, 5.74) is 3.89. The molecule has 1 aromatic carbocycles. The van der Waals surface area contributed by atoms with Crippen LogP contribution in [0.3, 0.4) is 0 Å². The van der Waals surface area contributed by atoms with Crippen molar-refractivity contribution < 1.29 is 9.18 Å². The maximum Gasteiger partial charge on any atom is 0.266 e. The third-order valence-electron chi connectivity index (χ3n) is 4.03. The van der Waals surface area contributed by atoms with Crippen molar-refractivity contribution >= 4 is 40.3 Å². The van der Waals surface area contributed by atoms with Crippen molar-refractivity contribution in [1.29, 1.82) is 0 Å². The Kier molecular flexibility index (Phi) is 4.60. The number of benzene rings is 1. The van der Waals surface area contributed by atoms with Gasteiger partial charge in [0.1, 0.15) is 10.1 Å². The van der Waals surface area contributed by atoms with Gasteiger partial charge in [-0.15, -0.1) is 0 Å². The van der Waals surface area contributed by atoms with Crippen molar-refractivity contribution in [2.45, 2.75) is 20.8 Å². The Hall–Kier alpha value is -1.92. The molecular weight excluding hydrogens is 343 g/mol. The Balaban J connectivity index is 2.01. The van der Waals surface area contributed by atoms with Crippen LogP contribution in [0.15, 0.2) is 35.2 Å². The standard InChI is InChI=1S/C18H17FN2OS2/c1-4-20-17(22)16(24-18(20)23)10-13-9-11(2)21(12(13)3)15-7-5-14(19)6-8-15/h5-10H,4H2,1-3H3/b16-10-. The number of likely N-dealkylation sites (N-methyl/N-ethyl adjacent to an activating group) is 1. The minimum atomic E-state index is -0.260. The monoisotopic (exact) mass is 360 g/mol. The number of hydrogen-bond acceptors (Lipinski definition) is 3. The van der Waals surface area contributed by atoms with Gasteiger partial charge in [-0.2, -0.15) is 0 Å². The Labute approximate surface area is 150 Å². The van der Waals surface area contributed by atoms with E-state index in [9.17, 15) is 9.18 Å². The Morgan fingerprint density at radius 1 is 1.25 bits per heavy atom. The van der Waals surface area contributed by atoms with Crippen molar-refractivity contribution in [3.63, 3.8) is 0 Å². The minimum Gasteiger partial charge on any atom is -0.318 e. The molecule has 0 bridgehead atoms. The zero-order valence-corrected chi connectivity index (χ0v) is 15.3. The average molecular weight is 360 g/mol. The second-order valence-electron chi connectivity index (χ2n) is 5.56. The van der Waals surface area contributed by atoms with Gasteiger partial charge >= 0.3 is 0 Å². The Morgan fingerprint density at radius 3 is 2.50 bits per heavy atom. The lowest BCUT2D eigenvalue weighted by Crippen LogP contribution is -2.27. The van der Waals surface area contributed by atoms with Crippen molar-refractivity contribution in [3.05, 3.63) is 58.0 Å². The van der Waals surface area contributed by atoms with Gasteiger partial charge in [0.2, 0.25) is 0 Å². The molecule has 3 rings (SSSR count). The molecule has 6 heteroatoms. The first-order valence-electron chi connectivity index (χ1n) is 7.62. The van der Waals surface area contributed by atoms with E-state index in [1.165, 1.54) is 23.9 Å². The van der Waals surface area contributed by atoms with E-state index < -0.39 is 0 Å².